The van der Waals surface area contributed by atoms with E-state index in [1.54, 1.807) is 24.3 Å². The Kier molecular flexibility index (Phi) is 3.90. The van der Waals surface area contributed by atoms with E-state index in [2.05, 4.69) is 0 Å². The highest BCUT2D eigenvalue weighted by atomic mass is 19.1. The van der Waals surface area contributed by atoms with E-state index in [0.717, 1.165) is 33.6 Å². The van der Waals surface area contributed by atoms with Gasteiger partial charge in [0.15, 0.2) is 5.78 Å². The highest BCUT2D eigenvalue weighted by Gasteiger charge is 2.36. The number of halogens is 1. The fourth-order valence-corrected chi connectivity index (χ4v) is 4.31. The molecule has 0 bridgehead atoms. The van der Waals surface area contributed by atoms with Crippen molar-refractivity contribution < 1.29 is 18.7 Å². The van der Waals surface area contributed by atoms with E-state index in [9.17, 15) is 14.0 Å². The molecule has 148 valence electrons. The normalized spacial score (nSPS) is 12.2. The van der Waals surface area contributed by atoms with Gasteiger partial charge in [-0.15, -0.1) is 0 Å². The van der Waals surface area contributed by atoms with Crippen LogP contribution in [0.3, 0.4) is 0 Å². The SMILES string of the molecule is CC(=O)Oc1cc(C)c(C)c2c1c1c(n2-c2ccc(F)cc2)-c2ccccc2C1=O. The van der Waals surface area contributed by atoms with Crippen LogP contribution in [0.1, 0.15) is 34.0 Å². The second kappa shape index (κ2) is 6.39. The van der Waals surface area contributed by atoms with Crippen LogP contribution >= 0.6 is 0 Å². The number of carbonyl (C=O) groups is 2. The quantitative estimate of drug-likeness (QED) is 0.290. The minimum atomic E-state index is -0.453. The van der Waals surface area contributed by atoms with Crippen LogP contribution in [-0.4, -0.2) is 16.3 Å². The van der Waals surface area contributed by atoms with Crippen LogP contribution in [0.15, 0.2) is 54.6 Å². The van der Waals surface area contributed by atoms with Crippen molar-refractivity contribution in [2.75, 3.05) is 0 Å². The van der Waals surface area contributed by atoms with Gasteiger partial charge in [0, 0.05) is 23.7 Å². The van der Waals surface area contributed by atoms with Crippen LogP contribution in [-0.2, 0) is 4.79 Å². The van der Waals surface area contributed by atoms with Gasteiger partial charge in [0.05, 0.1) is 22.2 Å². The molecule has 1 aliphatic carbocycles. The first kappa shape index (κ1) is 18.3. The molecule has 0 unspecified atom stereocenters. The summed E-state index contributed by atoms with van der Waals surface area (Å²) in [5.41, 5.74) is 6.06. The first-order valence-corrected chi connectivity index (χ1v) is 9.65. The number of aryl methyl sites for hydroxylation is 2. The lowest BCUT2D eigenvalue weighted by Gasteiger charge is -2.15. The first-order valence-electron chi connectivity index (χ1n) is 9.65. The van der Waals surface area contributed by atoms with Crippen LogP contribution in [0, 0.1) is 19.7 Å². The van der Waals surface area contributed by atoms with Crippen molar-refractivity contribution >= 4 is 22.7 Å². The van der Waals surface area contributed by atoms with Crippen molar-refractivity contribution in [3.8, 4) is 22.7 Å². The summed E-state index contributed by atoms with van der Waals surface area (Å²) in [5.74, 6) is -0.537. The second-order valence-corrected chi connectivity index (χ2v) is 7.54. The van der Waals surface area contributed by atoms with Gasteiger partial charge in [0.2, 0.25) is 0 Å². The number of fused-ring (bicyclic) bond motifs is 5. The molecular weight excluding hydrogens is 381 g/mol. The molecular formula is C25H18FNO3. The van der Waals surface area contributed by atoms with Crippen molar-refractivity contribution in [1.29, 1.82) is 0 Å². The van der Waals surface area contributed by atoms with Crippen molar-refractivity contribution in [2.24, 2.45) is 0 Å². The van der Waals surface area contributed by atoms with E-state index < -0.39 is 5.97 Å². The predicted molar refractivity (Wildman–Crippen MR) is 113 cm³/mol. The maximum atomic E-state index is 13.6. The van der Waals surface area contributed by atoms with Gasteiger partial charge < -0.3 is 9.30 Å². The van der Waals surface area contributed by atoms with E-state index in [0.29, 0.717) is 22.3 Å². The van der Waals surface area contributed by atoms with E-state index in [1.165, 1.54) is 19.1 Å². The zero-order valence-electron chi connectivity index (χ0n) is 16.7. The zero-order valence-corrected chi connectivity index (χ0v) is 16.7. The summed E-state index contributed by atoms with van der Waals surface area (Å²) in [6, 6.07) is 15.4. The lowest BCUT2D eigenvalue weighted by molar-refractivity contribution is -0.131. The van der Waals surface area contributed by atoms with Crippen molar-refractivity contribution in [3.05, 3.63) is 82.7 Å². The molecule has 5 rings (SSSR count). The number of hydrogen-bond acceptors (Lipinski definition) is 3. The maximum Gasteiger partial charge on any atom is 0.308 e. The Hall–Kier alpha value is -3.73. The third kappa shape index (κ3) is 2.45. The number of rotatable bonds is 2. The third-order valence-electron chi connectivity index (χ3n) is 5.70. The van der Waals surface area contributed by atoms with Gasteiger partial charge in [-0.3, -0.25) is 9.59 Å². The Labute approximate surface area is 172 Å². The number of hydrogen-bond donors (Lipinski definition) is 0. The average Bonchev–Trinajstić information content (AvgIpc) is 3.21. The fourth-order valence-electron chi connectivity index (χ4n) is 4.31. The number of benzene rings is 3. The van der Waals surface area contributed by atoms with E-state index >= 15 is 0 Å². The van der Waals surface area contributed by atoms with Crippen LogP contribution in [0.4, 0.5) is 4.39 Å². The molecule has 0 N–H and O–H groups in total. The van der Waals surface area contributed by atoms with Gasteiger partial charge in [-0.1, -0.05) is 24.3 Å². The fraction of sp³-hybridized carbons (Fsp3) is 0.120. The molecule has 1 heterocycles. The molecule has 4 nitrogen and oxygen atoms in total. The number of nitrogens with zero attached hydrogens (tertiary/aromatic N) is 1. The van der Waals surface area contributed by atoms with Crippen molar-refractivity contribution in [1.82, 2.24) is 4.57 Å². The molecule has 4 aromatic rings. The number of aromatic nitrogens is 1. The first-order chi connectivity index (χ1) is 14.4. The Morgan fingerprint density at radius 1 is 1.00 bits per heavy atom. The largest absolute Gasteiger partial charge is 0.426 e. The summed E-state index contributed by atoms with van der Waals surface area (Å²) in [6.45, 7) is 5.25. The summed E-state index contributed by atoms with van der Waals surface area (Å²) in [4.78, 5) is 25.2. The highest BCUT2D eigenvalue weighted by Crippen LogP contribution is 2.48. The molecule has 0 saturated carbocycles. The Bertz CT molecular complexity index is 1380. The van der Waals surface area contributed by atoms with Crippen LogP contribution in [0.25, 0.3) is 27.8 Å². The average molecular weight is 399 g/mol. The number of ether oxygens (including phenoxy) is 1. The molecule has 0 aliphatic heterocycles. The third-order valence-corrected chi connectivity index (χ3v) is 5.70. The minimum Gasteiger partial charge on any atom is -0.426 e. The molecule has 3 aromatic carbocycles. The maximum absolute atomic E-state index is 13.6. The molecule has 0 spiro atoms. The summed E-state index contributed by atoms with van der Waals surface area (Å²) in [5, 5.41) is 0.605. The van der Waals surface area contributed by atoms with Gasteiger partial charge in [0.1, 0.15) is 11.6 Å². The predicted octanol–water partition coefficient (Wildman–Crippen LogP) is 5.52. The number of esters is 1. The van der Waals surface area contributed by atoms with Crippen LogP contribution < -0.4 is 4.74 Å². The van der Waals surface area contributed by atoms with Gasteiger partial charge in [0.25, 0.3) is 0 Å². The number of carbonyl (C=O) groups excluding carboxylic acids is 2. The number of ketones is 1. The van der Waals surface area contributed by atoms with Crippen LogP contribution in [0.5, 0.6) is 5.75 Å². The molecule has 0 fully saturated rings. The summed E-state index contributed by atoms with van der Waals surface area (Å²) in [6.07, 6.45) is 0. The smallest absolute Gasteiger partial charge is 0.308 e. The van der Waals surface area contributed by atoms with Crippen LogP contribution in [0.2, 0.25) is 0 Å². The zero-order chi connectivity index (χ0) is 21.2. The molecule has 5 heteroatoms. The van der Waals surface area contributed by atoms with Gasteiger partial charge in [-0.25, -0.2) is 4.39 Å². The van der Waals surface area contributed by atoms with Gasteiger partial charge in [-0.05, 0) is 55.3 Å². The molecule has 1 aromatic heterocycles. The summed E-state index contributed by atoms with van der Waals surface area (Å²) < 4.78 is 21.2. The molecule has 0 atom stereocenters. The highest BCUT2D eigenvalue weighted by molar-refractivity contribution is 6.29. The monoisotopic (exact) mass is 399 g/mol. The molecule has 0 saturated heterocycles. The lowest BCUT2D eigenvalue weighted by atomic mass is 10.0. The Balaban J connectivity index is 2.01. The molecule has 0 amide bonds. The van der Waals surface area contributed by atoms with Gasteiger partial charge in [-0.2, -0.15) is 0 Å². The van der Waals surface area contributed by atoms with Crippen molar-refractivity contribution in [3.63, 3.8) is 0 Å². The molecule has 30 heavy (non-hydrogen) atoms. The summed E-state index contributed by atoms with van der Waals surface area (Å²) >= 11 is 0. The molecule has 0 radical (unpaired) electrons. The van der Waals surface area contributed by atoms with Gasteiger partial charge >= 0.3 is 5.97 Å². The van der Waals surface area contributed by atoms with Crippen molar-refractivity contribution in [2.45, 2.75) is 20.8 Å². The minimum absolute atomic E-state index is 0.108. The van der Waals surface area contributed by atoms with E-state index in [4.69, 9.17) is 4.74 Å². The topological polar surface area (TPSA) is 48.3 Å². The van der Waals surface area contributed by atoms with E-state index in [-0.39, 0.29) is 11.6 Å². The molecule has 1 aliphatic rings. The van der Waals surface area contributed by atoms with E-state index in [1.807, 2.05) is 36.6 Å². The second-order valence-electron chi connectivity index (χ2n) is 7.54. The lowest BCUT2D eigenvalue weighted by Crippen LogP contribution is -2.05. The Morgan fingerprint density at radius 2 is 1.67 bits per heavy atom. The Morgan fingerprint density at radius 3 is 2.33 bits per heavy atom. The summed E-state index contributed by atoms with van der Waals surface area (Å²) in [7, 11) is 0. The standard InChI is InChI=1S/C25H18FNO3/c1-13-12-20(30-15(3)28)21-22-24(18-6-4-5-7-19(18)25(22)29)27(23(21)14(13)2)17-10-8-16(26)9-11-17/h4-12H,1-3H3.